The summed E-state index contributed by atoms with van der Waals surface area (Å²) in [5, 5.41) is 3.16. The predicted octanol–water partition coefficient (Wildman–Crippen LogP) is 2.67. The van der Waals surface area contributed by atoms with E-state index in [9.17, 15) is 4.79 Å². The Morgan fingerprint density at radius 3 is 2.64 bits per heavy atom. The fraction of sp³-hybridized carbons (Fsp3) is 0.412. The van der Waals surface area contributed by atoms with Crippen LogP contribution in [0.1, 0.15) is 31.0 Å². The largest absolute Gasteiger partial charge is 0.326 e. The Morgan fingerprint density at radius 1 is 1.23 bits per heavy atom. The summed E-state index contributed by atoms with van der Waals surface area (Å²) in [7, 11) is 0. The van der Waals surface area contributed by atoms with E-state index in [0.717, 1.165) is 24.3 Å². The van der Waals surface area contributed by atoms with Gasteiger partial charge in [-0.05, 0) is 50.0 Å². The zero-order valence-corrected chi connectivity index (χ0v) is 12.9. The lowest BCUT2D eigenvalue weighted by atomic mass is 10.2. The summed E-state index contributed by atoms with van der Waals surface area (Å²) in [4.78, 5) is 21.1. The molecule has 3 rings (SSSR count). The standard InChI is InChI=1S/C17H22N4O/c1-2-14-11-16(22)20-17(18-14)19-15-7-5-13(6-8-15)12-21-9-3-4-10-21/h5-8,11H,2-4,9-10,12H2,1H3,(H2,18,19,20,22). The molecule has 1 fully saturated rings. The molecule has 1 aromatic carbocycles. The van der Waals surface area contributed by atoms with E-state index in [1.54, 1.807) is 0 Å². The molecule has 5 heteroatoms. The molecule has 0 atom stereocenters. The molecule has 1 aliphatic rings. The Bertz CT molecular complexity index is 672. The van der Waals surface area contributed by atoms with E-state index in [1.807, 2.05) is 19.1 Å². The summed E-state index contributed by atoms with van der Waals surface area (Å²) in [6, 6.07) is 9.85. The van der Waals surface area contributed by atoms with E-state index in [-0.39, 0.29) is 5.56 Å². The van der Waals surface area contributed by atoms with Crippen LogP contribution in [0.25, 0.3) is 0 Å². The number of nitrogens with one attached hydrogen (secondary N) is 2. The molecule has 22 heavy (non-hydrogen) atoms. The van der Waals surface area contributed by atoms with E-state index < -0.39 is 0 Å². The number of aryl methyl sites for hydroxylation is 1. The highest BCUT2D eigenvalue weighted by Crippen LogP contribution is 2.17. The molecule has 0 saturated carbocycles. The van der Waals surface area contributed by atoms with Crippen LogP contribution in [0.3, 0.4) is 0 Å². The van der Waals surface area contributed by atoms with Crippen molar-refractivity contribution in [3.8, 4) is 0 Å². The molecular weight excluding hydrogens is 276 g/mol. The molecule has 2 heterocycles. The molecule has 116 valence electrons. The second-order valence-corrected chi connectivity index (χ2v) is 5.74. The normalized spacial score (nSPS) is 15.1. The Balaban J connectivity index is 1.67. The van der Waals surface area contributed by atoms with E-state index in [0.29, 0.717) is 5.95 Å². The van der Waals surface area contributed by atoms with Gasteiger partial charge in [-0.2, -0.15) is 0 Å². The van der Waals surface area contributed by atoms with Gasteiger partial charge in [0.1, 0.15) is 0 Å². The maximum atomic E-state index is 11.6. The van der Waals surface area contributed by atoms with Gasteiger partial charge in [-0.1, -0.05) is 19.1 Å². The van der Waals surface area contributed by atoms with Crippen molar-refractivity contribution >= 4 is 11.6 Å². The van der Waals surface area contributed by atoms with Gasteiger partial charge in [-0.3, -0.25) is 14.7 Å². The Kier molecular flexibility index (Phi) is 4.53. The lowest BCUT2D eigenvalue weighted by Gasteiger charge is -2.14. The molecule has 1 aromatic heterocycles. The van der Waals surface area contributed by atoms with E-state index in [1.165, 1.54) is 37.6 Å². The van der Waals surface area contributed by atoms with Crippen LogP contribution in [0.4, 0.5) is 11.6 Å². The first-order valence-corrected chi connectivity index (χ1v) is 7.91. The van der Waals surface area contributed by atoms with E-state index in [2.05, 4.69) is 32.3 Å². The van der Waals surface area contributed by atoms with Crippen LogP contribution in [-0.2, 0) is 13.0 Å². The highest BCUT2D eigenvalue weighted by Gasteiger charge is 2.11. The van der Waals surface area contributed by atoms with Crippen molar-refractivity contribution in [1.29, 1.82) is 0 Å². The Labute approximate surface area is 130 Å². The van der Waals surface area contributed by atoms with Gasteiger partial charge in [0.05, 0.1) is 0 Å². The van der Waals surface area contributed by atoms with Crippen LogP contribution < -0.4 is 10.9 Å². The van der Waals surface area contributed by atoms with Crippen LogP contribution in [-0.4, -0.2) is 28.0 Å². The van der Waals surface area contributed by atoms with Crippen molar-refractivity contribution in [2.24, 2.45) is 0 Å². The number of likely N-dealkylation sites (tertiary alicyclic amines) is 1. The summed E-state index contributed by atoms with van der Waals surface area (Å²) in [5.74, 6) is 0.497. The van der Waals surface area contributed by atoms with Crippen LogP contribution >= 0.6 is 0 Å². The van der Waals surface area contributed by atoms with Crippen molar-refractivity contribution in [2.45, 2.75) is 32.7 Å². The summed E-state index contributed by atoms with van der Waals surface area (Å²) >= 11 is 0. The van der Waals surface area contributed by atoms with Crippen molar-refractivity contribution in [3.05, 3.63) is 51.9 Å². The lowest BCUT2D eigenvalue weighted by Crippen LogP contribution is -2.18. The van der Waals surface area contributed by atoms with Gasteiger partial charge < -0.3 is 5.32 Å². The Hall–Kier alpha value is -2.14. The number of aromatic amines is 1. The molecule has 0 amide bonds. The number of rotatable bonds is 5. The molecule has 0 bridgehead atoms. The third-order valence-electron chi connectivity index (χ3n) is 3.98. The molecule has 2 N–H and O–H groups in total. The topological polar surface area (TPSA) is 61.0 Å². The van der Waals surface area contributed by atoms with Crippen LogP contribution in [0.5, 0.6) is 0 Å². The molecular formula is C17H22N4O. The van der Waals surface area contributed by atoms with Gasteiger partial charge in [-0.25, -0.2) is 4.98 Å². The maximum Gasteiger partial charge on any atom is 0.252 e. The van der Waals surface area contributed by atoms with Crippen LogP contribution in [0.2, 0.25) is 0 Å². The van der Waals surface area contributed by atoms with Crippen LogP contribution in [0, 0.1) is 0 Å². The Morgan fingerprint density at radius 2 is 1.95 bits per heavy atom. The van der Waals surface area contributed by atoms with E-state index in [4.69, 9.17) is 0 Å². The minimum atomic E-state index is -0.125. The number of anilines is 2. The molecule has 0 aliphatic carbocycles. The fourth-order valence-corrected chi connectivity index (χ4v) is 2.78. The van der Waals surface area contributed by atoms with E-state index >= 15 is 0 Å². The van der Waals surface area contributed by atoms with Gasteiger partial charge in [-0.15, -0.1) is 0 Å². The molecule has 0 unspecified atom stereocenters. The highest BCUT2D eigenvalue weighted by molar-refractivity contribution is 5.53. The predicted molar refractivity (Wildman–Crippen MR) is 88.5 cm³/mol. The third kappa shape index (κ3) is 3.74. The molecule has 2 aromatic rings. The third-order valence-corrected chi connectivity index (χ3v) is 3.98. The first-order chi connectivity index (χ1) is 10.7. The fourth-order valence-electron chi connectivity index (χ4n) is 2.78. The smallest absolute Gasteiger partial charge is 0.252 e. The first kappa shape index (κ1) is 14.8. The zero-order valence-electron chi connectivity index (χ0n) is 12.9. The van der Waals surface area contributed by atoms with Gasteiger partial charge in [0.15, 0.2) is 0 Å². The second kappa shape index (κ2) is 6.75. The quantitative estimate of drug-likeness (QED) is 0.891. The van der Waals surface area contributed by atoms with Crippen molar-refractivity contribution in [1.82, 2.24) is 14.9 Å². The number of hydrogen-bond acceptors (Lipinski definition) is 4. The van der Waals surface area contributed by atoms with Crippen molar-refractivity contribution in [2.75, 3.05) is 18.4 Å². The maximum absolute atomic E-state index is 11.6. The van der Waals surface area contributed by atoms with Gasteiger partial charge in [0.25, 0.3) is 5.56 Å². The molecule has 0 radical (unpaired) electrons. The monoisotopic (exact) mass is 298 g/mol. The van der Waals surface area contributed by atoms with Gasteiger partial charge in [0, 0.05) is 24.0 Å². The van der Waals surface area contributed by atoms with Gasteiger partial charge in [0.2, 0.25) is 5.95 Å². The van der Waals surface area contributed by atoms with Crippen molar-refractivity contribution in [3.63, 3.8) is 0 Å². The molecule has 5 nitrogen and oxygen atoms in total. The first-order valence-electron chi connectivity index (χ1n) is 7.91. The second-order valence-electron chi connectivity index (χ2n) is 5.74. The lowest BCUT2D eigenvalue weighted by molar-refractivity contribution is 0.331. The summed E-state index contributed by atoms with van der Waals surface area (Å²) in [6.45, 7) is 5.41. The van der Waals surface area contributed by atoms with Crippen molar-refractivity contribution < 1.29 is 0 Å². The minimum absolute atomic E-state index is 0.125. The average molecular weight is 298 g/mol. The molecule has 0 spiro atoms. The summed E-state index contributed by atoms with van der Waals surface area (Å²) < 4.78 is 0. The zero-order chi connectivity index (χ0) is 15.4. The number of nitrogens with zero attached hydrogens (tertiary/aromatic N) is 2. The molecule has 1 aliphatic heterocycles. The summed E-state index contributed by atoms with van der Waals surface area (Å²) in [6.07, 6.45) is 3.37. The minimum Gasteiger partial charge on any atom is -0.326 e. The van der Waals surface area contributed by atoms with Gasteiger partial charge >= 0.3 is 0 Å². The SMILES string of the molecule is CCc1cc(=O)[nH]c(Nc2ccc(CN3CCCC3)cc2)n1. The number of aromatic nitrogens is 2. The summed E-state index contributed by atoms with van der Waals surface area (Å²) in [5.41, 5.74) is 2.91. The highest BCUT2D eigenvalue weighted by atomic mass is 16.1. The number of H-pyrrole nitrogens is 1. The number of benzene rings is 1. The molecule has 1 saturated heterocycles. The van der Waals surface area contributed by atoms with Crippen LogP contribution in [0.15, 0.2) is 35.1 Å². The number of hydrogen-bond donors (Lipinski definition) is 2. The average Bonchev–Trinajstić information content (AvgIpc) is 3.01.